The zero-order valence-corrected chi connectivity index (χ0v) is 15.0. The monoisotopic (exact) mass is 359 g/mol. The Balaban J connectivity index is 1.49. The van der Waals surface area contributed by atoms with Gasteiger partial charge in [-0.3, -0.25) is 9.59 Å². The maximum atomic E-state index is 12.4. The van der Waals surface area contributed by atoms with Gasteiger partial charge < -0.3 is 10.2 Å². The van der Waals surface area contributed by atoms with E-state index in [9.17, 15) is 9.59 Å². The van der Waals surface area contributed by atoms with Crippen molar-refractivity contribution in [3.63, 3.8) is 0 Å². The Labute approximate surface area is 158 Å². The first kappa shape index (κ1) is 18.4. The first-order valence-electron chi connectivity index (χ1n) is 8.99. The van der Waals surface area contributed by atoms with Gasteiger partial charge in [-0.15, -0.1) is 0 Å². The second kappa shape index (κ2) is 8.81. The van der Waals surface area contributed by atoms with Crippen molar-refractivity contribution in [1.29, 1.82) is 5.26 Å². The third-order valence-electron chi connectivity index (χ3n) is 4.68. The molecular formula is C22H21N3O2. The number of rotatable bonds is 4. The number of benzene rings is 2. The number of carbonyl (C=O) groups is 2. The summed E-state index contributed by atoms with van der Waals surface area (Å²) in [4.78, 5) is 26.5. The second-order valence-corrected chi connectivity index (χ2v) is 6.52. The predicted octanol–water partition coefficient (Wildman–Crippen LogP) is 3.45. The summed E-state index contributed by atoms with van der Waals surface area (Å²) in [6.07, 6.45) is 4.69. The van der Waals surface area contributed by atoms with Crippen LogP contribution in [0.3, 0.4) is 0 Å². The largest absolute Gasteiger partial charge is 0.339 e. The Bertz CT molecular complexity index is 859. The molecule has 0 bridgehead atoms. The van der Waals surface area contributed by atoms with Gasteiger partial charge in [0.05, 0.1) is 11.6 Å². The molecule has 0 saturated carbocycles. The molecule has 2 aromatic carbocycles. The summed E-state index contributed by atoms with van der Waals surface area (Å²) < 4.78 is 0. The molecule has 0 aliphatic carbocycles. The van der Waals surface area contributed by atoms with E-state index in [-0.39, 0.29) is 17.7 Å². The molecule has 5 heteroatoms. The van der Waals surface area contributed by atoms with Gasteiger partial charge in [-0.05, 0) is 48.7 Å². The van der Waals surface area contributed by atoms with E-state index < -0.39 is 0 Å². The highest BCUT2D eigenvalue weighted by molar-refractivity contribution is 5.94. The van der Waals surface area contributed by atoms with E-state index in [0.29, 0.717) is 37.2 Å². The van der Waals surface area contributed by atoms with E-state index in [1.54, 1.807) is 35.2 Å². The zero-order valence-electron chi connectivity index (χ0n) is 15.0. The Morgan fingerprint density at radius 3 is 2.33 bits per heavy atom. The molecule has 5 nitrogen and oxygen atoms in total. The molecule has 1 aliphatic heterocycles. The van der Waals surface area contributed by atoms with Crippen LogP contribution >= 0.6 is 0 Å². The van der Waals surface area contributed by atoms with E-state index in [0.717, 1.165) is 5.56 Å². The van der Waals surface area contributed by atoms with E-state index in [1.807, 2.05) is 36.4 Å². The lowest BCUT2D eigenvalue weighted by Crippen LogP contribution is -2.40. The smallest absolute Gasteiger partial charge is 0.246 e. The molecule has 2 aromatic rings. The Morgan fingerprint density at radius 1 is 1.04 bits per heavy atom. The maximum Gasteiger partial charge on any atom is 0.246 e. The van der Waals surface area contributed by atoms with Crippen LogP contribution < -0.4 is 5.32 Å². The average molecular weight is 359 g/mol. The molecule has 1 N–H and O–H groups in total. The van der Waals surface area contributed by atoms with Crippen molar-refractivity contribution in [3.8, 4) is 6.07 Å². The summed E-state index contributed by atoms with van der Waals surface area (Å²) in [5.41, 5.74) is 2.23. The Morgan fingerprint density at radius 2 is 1.70 bits per heavy atom. The summed E-state index contributed by atoms with van der Waals surface area (Å²) in [6, 6.07) is 18.6. The summed E-state index contributed by atoms with van der Waals surface area (Å²) >= 11 is 0. The number of nitrogens with one attached hydrogen (secondary N) is 1. The number of amides is 2. The average Bonchev–Trinajstić information content (AvgIpc) is 2.73. The highest BCUT2D eigenvalue weighted by Crippen LogP contribution is 2.20. The lowest BCUT2D eigenvalue weighted by atomic mass is 9.95. The van der Waals surface area contributed by atoms with E-state index in [1.165, 1.54) is 0 Å². The topological polar surface area (TPSA) is 73.2 Å². The minimum Gasteiger partial charge on any atom is -0.339 e. The fourth-order valence-electron chi connectivity index (χ4n) is 3.07. The maximum absolute atomic E-state index is 12.4. The van der Waals surface area contributed by atoms with Crippen LogP contribution in [0.1, 0.15) is 24.0 Å². The van der Waals surface area contributed by atoms with Crippen LogP contribution in [0.15, 0.2) is 60.7 Å². The number of nitriles is 1. The quantitative estimate of drug-likeness (QED) is 0.850. The highest BCUT2D eigenvalue weighted by Gasteiger charge is 2.26. The van der Waals surface area contributed by atoms with Crippen molar-refractivity contribution < 1.29 is 9.59 Å². The Kier molecular flexibility index (Phi) is 6.01. The number of carbonyl (C=O) groups excluding carboxylic acids is 2. The van der Waals surface area contributed by atoms with E-state index in [2.05, 4.69) is 11.4 Å². The minimum absolute atomic E-state index is 0.0233. The van der Waals surface area contributed by atoms with Crippen LogP contribution in [0.4, 0.5) is 5.69 Å². The van der Waals surface area contributed by atoms with Gasteiger partial charge in [-0.25, -0.2) is 0 Å². The normalized spacial score (nSPS) is 14.7. The summed E-state index contributed by atoms with van der Waals surface area (Å²) in [7, 11) is 0. The van der Waals surface area contributed by atoms with Crippen LogP contribution in [0.5, 0.6) is 0 Å². The predicted molar refractivity (Wildman–Crippen MR) is 105 cm³/mol. The number of likely N-dealkylation sites (tertiary alicyclic amines) is 1. The van der Waals surface area contributed by atoms with Gasteiger partial charge in [0.15, 0.2) is 0 Å². The lowest BCUT2D eigenvalue weighted by Gasteiger charge is -2.30. The molecule has 0 radical (unpaired) electrons. The van der Waals surface area contributed by atoms with Gasteiger partial charge in [-0.1, -0.05) is 30.3 Å². The van der Waals surface area contributed by atoms with Crippen LogP contribution in [0.2, 0.25) is 0 Å². The molecule has 0 spiro atoms. The fourth-order valence-corrected chi connectivity index (χ4v) is 3.07. The fraction of sp³-hybridized carbons (Fsp3) is 0.227. The second-order valence-electron chi connectivity index (χ2n) is 6.52. The van der Waals surface area contributed by atoms with Crippen LogP contribution in [-0.4, -0.2) is 29.8 Å². The standard InChI is InChI=1S/C22H21N3O2/c23-16-18-6-9-20(10-7-18)24-22(27)19-12-14-25(15-13-19)21(26)11-8-17-4-2-1-3-5-17/h1-11,19H,12-15H2,(H,24,27). The number of hydrogen-bond donors (Lipinski definition) is 1. The minimum atomic E-state index is -0.109. The third kappa shape index (κ3) is 5.05. The summed E-state index contributed by atoms with van der Waals surface area (Å²) in [6.45, 7) is 1.15. The summed E-state index contributed by atoms with van der Waals surface area (Å²) in [5.74, 6) is -0.167. The number of piperidine rings is 1. The van der Waals surface area contributed by atoms with Crippen molar-refractivity contribution in [3.05, 3.63) is 71.8 Å². The van der Waals surface area contributed by atoms with Crippen LogP contribution in [0.25, 0.3) is 6.08 Å². The van der Waals surface area contributed by atoms with Crippen LogP contribution in [0, 0.1) is 17.2 Å². The molecule has 27 heavy (non-hydrogen) atoms. The van der Waals surface area contributed by atoms with Crippen molar-refractivity contribution >= 4 is 23.6 Å². The lowest BCUT2D eigenvalue weighted by molar-refractivity contribution is -0.130. The number of hydrogen-bond acceptors (Lipinski definition) is 3. The molecule has 1 fully saturated rings. The van der Waals surface area contributed by atoms with Gasteiger partial charge in [0.25, 0.3) is 0 Å². The molecule has 1 aliphatic rings. The van der Waals surface area contributed by atoms with Crippen molar-refractivity contribution in [1.82, 2.24) is 4.90 Å². The van der Waals surface area contributed by atoms with Gasteiger partial charge in [-0.2, -0.15) is 5.26 Å². The Hall–Kier alpha value is -3.39. The van der Waals surface area contributed by atoms with Crippen LogP contribution in [-0.2, 0) is 9.59 Å². The SMILES string of the molecule is N#Cc1ccc(NC(=O)C2CCN(C(=O)C=Cc3ccccc3)CC2)cc1. The molecular weight excluding hydrogens is 338 g/mol. The van der Waals surface area contributed by atoms with Crippen molar-refractivity contribution in [2.24, 2.45) is 5.92 Å². The molecule has 2 amide bonds. The zero-order chi connectivity index (χ0) is 19.1. The molecule has 3 rings (SSSR count). The number of anilines is 1. The van der Waals surface area contributed by atoms with Gasteiger partial charge in [0.1, 0.15) is 0 Å². The first-order valence-corrected chi connectivity index (χ1v) is 8.99. The molecule has 0 atom stereocenters. The van der Waals surface area contributed by atoms with Crippen molar-refractivity contribution in [2.45, 2.75) is 12.8 Å². The summed E-state index contributed by atoms with van der Waals surface area (Å²) in [5, 5.41) is 11.7. The molecule has 1 heterocycles. The van der Waals surface area contributed by atoms with E-state index >= 15 is 0 Å². The van der Waals surface area contributed by atoms with Crippen molar-refractivity contribution in [2.75, 3.05) is 18.4 Å². The van der Waals surface area contributed by atoms with Gasteiger partial charge in [0, 0.05) is 30.8 Å². The molecule has 136 valence electrons. The molecule has 1 saturated heterocycles. The molecule has 0 unspecified atom stereocenters. The molecule has 0 aromatic heterocycles. The third-order valence-corrected chi connectivity index (χ3v) is 4.68. The van der Waals surface area contributed by atoms with E-state index in [4.69, 9.17) is 5.26 Å². The van der Waals surface area contributed by atoms with Gasteiger partial charge in [0.2, 0.25) is 11.8 Å². The highest BCUT2D eigenvalue weighted by atomic mass is 16.2. The first-order chi connectivity index (χ1) is 13.2. The number of nitrogens with zero attached hydrogens (tertiary/aromatic N) is 2. The van der Waals surface area contributed by atoms with Gasteiger partial charge >= 0.3 is 0 Å².